The molecular formula is C17H20N2. The van der Waals surface area contributed by atoms with Gasteiger partial charge in [-0.15, -0.1) is 0 Å². The van der Waals surface area contributed by atoms with Crippen LogP contribution < -0.4 is 0 Å². The summed E-state index contributed by atoms with van der Waals surface area (Å²) in [4.78, 5) is 2.07. The molecule has 0 saturated carbocycles. The second-order valence-corrected chi connectivity index (χ2v) is 5.71. The van der Waals surface area contributed by atoms with Crippen LogP contribution in [-0.2, 0) is 6.54 Å². The maximum absolute atomic E-state index is 9.15. The lowest BCUT2D eigenvalue weighted by atomic mass is 10.0. The zero-order valence-corrected chi connectivity index (χ0v) is 12.1. The Labute approximate surface area is 115 Å². The van der Waals surface area contributed by atoms with Gasteiger partial charge >= 0.3 is 0 Å². The Morgan fingerprint density at radius 3 is 2.42 bits per heavy atom. The van der Waals surface area contributed by atoms with Gasteiger partial charge in [0, 0.05) is 6.54 Å². The fourth-order valence-electron chi connectivity index (χ4n) is 2.07. The Balaban J connectivity index is 2.28. The topological polar surface area (TPSA) is 27.0 Å². The molecule has 0 saturated heterocycles. The van der Waals surface area contributed by atoms with Gasteiger partial charge in [-0.3, -0.25) is 4.90 Å². The van der Waals surface area contributed by atoms with Gasteiger partial charge < -0.3 is 0 Å². The molecule has 2 aromatic rings. The molecule has 0 atom stereocenters. The molecule has 98 valence electrons. The van der Waals surface area contributed by atoms with Gasteiger partial charge in [0.15, 0.2) is 0 Å². The zero-order valence-electron chi connectivity index (χ0n) is 12.1. The highest BCUT2D eigenvalue weighted by atomic mass is 15.2. The first-order chi connectivity index (χ1) is 8.92. The van der Waals surface area contributed by atoms with Gasteiger partial charge in [0.25, 0.3) is 0 Å². The number of hydrogen-bond acceptors (Lipinski definition) is 2. The first-order valence-corrected chi connectivity index (χ1v) is 6.54. The Hall–Kier alpha value is -1.85. The average molecular weight is 252 g/mol. The van der Waals surface area contributed by atoms with Gasteiger partial charge in [0.2, 0.25) is 0 Å². The van der Waals surface area contributed by atoms with E-state index in [2.05, 4.69) is 54.3 Å². The van der Waals surface area contributed by atoms with Crippen LogP contribution in [0.3, 0.4) is 0 Å². The Kier molecular flexibility index (Phi) is 3.59. The van der Waals surface area contributed by atoms with E-state index in [0.29, 0.717) is 0 Å². The van der Waals surface area contributed by atoms with Crippen molar-refractivity contribution in [1.29, 1.82) is 5.26 Å². The summed E-state index contributed by atoms with van der Waals surface area (Å²) in [5.41, 5.74) is 2.08. The highest BCUT2D eigenvalue weighted by molar-refractivity contribution is 5.83. The van der Waals surface area contributed by atoms with Crippen LogP contribution in [0.15, 0.2) is 36.4 Å². The summed E-state index contributed by atoms with van der Waals surface area (Å²) in [6.07, 6.45) is 0. The van der Waals surface area contributed by atoms with Crippen molar-refractivity contribution in [2.75, 3.05) is 7.05 Å². The number of fused-ring (bicyclic) bond motifs is 1. The molecule has 19 heavy (non-hydrogen) atoms. The van der Waals surface area contributed by atoms with Crippen LogP contribution in [0, 0.1) is 18.3 Å². The minimum absolute atomic E-state index is 0.442. The summed E-state index contributed by atoms with van der Waals surface area (Å²) in [6, 6.07) is 15.3. The summed E-state index contributed by atoms with van der Waals surface area (Å²) in [7, 11) is 1.99. The number of benzene rings is 2. The predicted molar refractivity (Wildman–Crippen MR) is 79.8 cm³/mol. The second-order valence-electron chi connectivity index (χ2n) is 5.71. The number of hydrogen-bond donors (Lipinski definition) is 0. The number of rotatable bonds is 3. The summed E-state index contributed by atoms with van der Waals surface area (Å²) in [6.45, 7) is 6.77. The minimum atomic E-state index is -0.442. The van der Waals surface area contributed by atoms with Crippen LogP contribution in [0.25, 0.3) is 10.8 Å². The Bertz CT molecular complexity index is 635. The molecule has 2 heteroatoms. The number of aryl methyl sites for hydroxylation is 1. The van der Waals surface area contributed by atoms with E-state index >= 15 is 0 Å². The summed E-state index contributed by atoms with van der Waals surface area (Å²) in [5, 5.41) is 11.7. The average Bonchev–Trinajstić information content (AvgIpc) is 2.38. The van der Waals surface area contributed by atoms with Crippen molar-refractivity contribution in [2.45, 2.75) is 32.9 Å². The first-order valence-electron chi connectivity index (χ1n) is 6.54. The molecule has 0 fully saturated rings. The highest BCUT2D eigenvalue weighted by Gasteiger charge is 2.22. The Morgan fingerprint density at radius 1 is 1.11 bits per heavy atom. The van der Waals surface area contributed by atoms with Crippen LogP contribution >= 0.6 is 0 Å². The van der Waals surface area contributed by atoms with Crippen molar-refractivity contribution in [2.24, 2.45) is 0 Å². The lowest BCUT2D eigenvalue weighted by Crippen LogP contribution is -2.38. The molecule has 0 aromatic heterocycles. The Morgan fingerprint density at radius 2 is 1.74 bits per heavy atom. The zero-order chi connectivity index (χ0) is 14.0. The van der Waals surface area contributed by atoms with E-state index in [0.717, 1.165) is 6.54 Å². The molecule has 0 aliphatic carbocycles. The predicted octanol–water partition coefficient (Wildman–Crippen LogP) is 3.88. The molecule has 0 unspecified atom stereocenters. The van der Waals surface area contributed by atoms with Crippen LogP contribution in [0.2, 0.25) is 0 Å². The second kappa shape index (κ2) is 5.03. The molecule has 0 radical (unpaired) electrons. The monoisotopic (exact) mass is 252 g/mol. The van der Waals surface area contributed by atoms with E-state index in [4.69, 9.17) is 5.26 Å². The van der Waals surface area contributed by atoms with Gasteiger partial charge in [-0.25, -0.2) is 0 Å². The number of nitrogens with zero attached hydrogens (tertiary/aromatic N) is 2. The normalized spacial score (nSPS) is 11.8. The molecule has 2 rings (SSSR count). The minimum Gasteiger partial charge on any atom is -0.285 e. The molecule has 0 amide bonds. The lowest BCUT2D eigenvalue weighted by molar-refractivity contribution is 0.203. The smallest absolute Gasteiger partial charge is 0.103 e. The van der Waals surface area contributed by atoms with Crippen molar-refractivity contribution in [1.82, 2.24) is 4.90 Å². The molecule has 0 spiro atoms. The third-order valence-electron chi connectivity index (χ3n) is 3.71. The fraction of sp³-hybridized carbons (Fsp3) is 0.353. The van der Waals surface area contributed by atoms with E-state index in [1.165, 1.54) is 21.9 Å². The van der Waals surface area contributed by atoms with E-state index in [-0.39, 0.29) is 0 Å². The van der Waals surface area contributed by atoms with Gasteiger partial charge in [-0.2, -0.15) is 5.26 Å². The van der Waals surface area contributed by atoms with Crippen LogP contribution in [-0.4, -0.2) is 17.5 Å². The summed E-state index contributed by atoms with van der Waals surface area (Å²) in [5.74, 6) is 0. The summed E-state index contributed by atoms with van der Waals surface area (Å²) < 4.78 is 0. The van der Waals surface area contributed by atoms with E-state index in [1.807, 2.05) is 20.9 Å². The van der Waals surface area contributed by atoms with Crippen molar-refractivity contribution < 1.29 is 0 Å². The molecule has 0 aliphatic rings. The van der Waals surface area contributed by atoms with Gasteiger partial charge in [-0.1, -0.05) is 35.9 Å². The fourth-order valence-corrected chi connectivity index (χ4v) is 2.07. The quantitative estimate of drug-likeness (QED) is 0.828. The molecule has 0 bridgehead atoms. The van der Waals surface area contributed by atoms with Crippen LogP contribution in [0.4, 0.5) is 0 Å². The standard InChI is InChI=1S/C17H20N2/c1-13-5-7-16-10-14(6-8-15(16)9-13)11-19(4)17(2,3)12-18/h5-10H,11H2,1-4H3. The first kappa shape index (κ1) is 13.6. The third kappa shape index (κ3) is 2.94. The van der Waals surface area contributed by atoms with E-state index < -0.39 is 5.54 Å². The van der Waals surface area contributed by atoms with Crippen molar-refractivity contribution in [3.8, 4) is 6.07 Å². The molecule has 0 N–H and O–H groups in total. The van der Waals surface area contributed by atoms with Crippen molar-refractivity contribution in [3.63, 3.8) is 0 Å². The molecule has 2 aromatic carbocycles. The van der Waals surface area contributed by atoms with E-state index in [1.54, 1.807) is 0 Å². The molecular weight excluding hydrogens is 232 g/mol. The largest absolute Gasteiger partial charge is 0.285 e. The van der Waals surface area contributed by atoms with Gasteiger partial charge in [-0.05, 0) is 50.2 Å². The maximum atomic E-state index is 9.15. The molecule has 0 aliphatic heterocycles. The summed E-state index contributed by atoms with van der Waals surface area (Å²) >= 11 is 0. The number of nitriles is 1. The maximum Gasteiger partial charge on any atom is 0.103 e. The van der Waals surface area contributed by atoms with Crippen molar-refractivity contribution in [3.05, 3.63) is 47.5 Å². The van der Waals surface area contributed by atoms with Crippen molar-refractivity contribution >= 4 is 10.8 Å². The lowest BCUT2D eigenvalue weighted by Gasteiger charge is -2.29. The third-order valence-corrected chi connectivity index (χ3v) is 3.71. The SMILES string of the molecule is Cc1ccc2cc(CN(C)C(C)(C)C#N)ccc2c1. The van der Waals surface area contributed by atoms with Crippen LogP contribution in [0.5, 0.6) is 0 Å². The molecule has 2 nitrogen and oxygen atoms in total. The van der Waals surface area contributed by atoms with Crippen LogP contribution in [0.1, 0.15) is 25.0 Å². The van der Waals surface area contributed by atoms with Gasteiger partial charge in [0.1, 0.15) is 5.54 Å². The van der Waals surface area contributed by atoms with E-state index in [9.17, 15) is 0 Å². The highest BCUT2D eigenvalue weighted by Crippen LogP contribution is 2.20. The molecule has 0 heterocycles. The van der Waals surface area contributed by atoms with Gasteiger partial charge in [0.05, 0.1) is 6.07 Å².